The molecule has 2 aromatic carbocycles. The van der Waals surface area contributed by atoms with Gasteiger partial charge in [0.15, 0.2) is 0 Å². The van der Waals surface area contributed by atoms with Crippen molar-refractivity contribution < 1.29 is 15.3 Å². The summed E-state index contributed by atoms with van der Waals surface area (Å²) in [5, 5.41) is 30.1. The Kier molecular flexibility index (Phi) is 2.25. The number of phenolic OH excluding ortho intramolecular Hbond substituents is 2. The first kappa shape index (κ1) is 9.80. The van der Waals surface area contributed by atoms with Crippen molar-refractivity contribution in [3.63, 3.8) is 0 Å². The second-order valence-electron chi connectivity index (χ2n) is 3.56. The first-order chi connectivity index (χ1) is 7.11. The zero-order chi connectivity index (χ0) is 11.0. The maximum Gasteiger partial charge on any atom is 0.129 e. The first-order valence-electron chi connectivity index (χ1n) is 4.73. The van der Waals surface area contributed by atoms with Gasteiger partial charge in [-0.15, -0.1) is 0 Å². The van der Waals surface area contributed by atoms with E-state index in [1.807, 2.05) is 0 Å². The van der Waals surface area contributed by atoms with Gasteiger partial charge in [-0.1, -0.05) is 24.3 Å². The van der Waals surface area contributed by atoms with E-state index in [2.05, 4.69) is 0 Å². The molecule has 0 aromatic heterocycles. The summed E-state index contributed by atoms with van der Waals surface area (Å²) in [7, 11) is 0. The molecule has 0 aliphatic carbocycles. The summed E-state index contributed by atoms with van der Waals surface area (Å²) in [4.78, 5) is 0. The van der Waals surface area contributed by atoms with Crippen LogP contribution in [-0.4, -0.2) is 15.3 Å². The van der Waals surface area contributed by atoms with Crippen molar-refractivity contribution in [3.05, 3.63) is 35.9 Å². The van der Waals surface area contributed by atoms with Gasteiger partial charge in [-0.2, -0.15) is 0 Å². The van der Waals surface area contributed by atoms with Crippen LogP contribution in [0, 0.1) is 0 Å². The first-order valence-corrected chi connectivity index (χ1v) is 4.73. The van der Waals surface area contributed by atoms with Gasteiger partial charge < -0.3 is 15.3 Å². The fraction of sp³-hybridized carbons (Fsp3) is 0.167. The highest BCUT2D eigenvalue weighted by molar-refractivity contribution is 5.94. The van der Waals surface area contributed by atoms with Gasteiger partial charge >= 0.3 is 0 Å². The van der Waals surface area contributed by atoms with Crippen LogP contribution in [0.1, 0.15) is 18.6 Å². The maximum absolute atomic E-state index is 9.87. The van der Waals surface area contributed by atoms with E-state index >= 15 is 0 Å². The zero-order valence-electron chi connectivity index (χ0n) is 8.31. The molecular weight excluding hydrogens is 192 g/mol. The number of hydrogen-bond donors (Lipinski definition) is 3. The van der Waals surface area contributed by atoms with Crippen molar-refractivity contribution in [3.8, 4) is 11.5 Å². The van der Waals surface area contributed by atoms with Crippen molar-refractivity contribution in [1.29, 1.82) is 0 Å². The number of aromatic hydroxyl groups is 2. The smallest absolute Gasteiger partial charge is 0.129 e. The molecule has 15 heavy (non-hydrogen) atoms. The van der Waals surface area contributed by atoms with Crippen LogP contribution in [0.5, 0.6) is 11.5 Å². The summed E-state index contributed by atoms with van der Waals surface area (Å²) in [6.07, 6.45) is -0.805. The van der Waals surface area contributed by atoms with Crippen LogP contribution in [-0.2, 0) is 0 Å². The maximum atomic E-state index is 9.87. The lowest BCUT2D eigenvalue weighted by Gasteiger charge is -2.11. The molecule has 0 spiro atoms. The van der Waals surface area contributed by atoms with Crippen LogP contribution in [0.25, 0.3) is 10.8 Å². The van der Waals surface area contributed by atoms with Crippen molar-refractivity contribution in [1.82, 2.24) is 0 Å². The molecule has 0 radical (unpaired) electrons. The van der Waals surface area contributed by atoms with Crippen molar-refractivity contribution in [2.45, 2.75) is 13.0 Å². The highest BCUT2D eigenvalue weighted by Gasteiger charge is 2.13. The number of benzene rings is 2. The van der Waals surface area contributed by atoms with Gasteiger partial charge in [0.1, 0.15) is 11.5 Å². The van der Waals surface area contributed by atoms with Gasteiger partial charge in [0.25, 0.3) is 0 Å². The molecule has 1 atom stereocenters. The molecule has 0 saturated carbocycles. The average molecular weight is 204 g/mol. The Morgan fingerprint density at radius 2 is 1.67 bits per heavy atom. The Bertz CT molecular complexity index is 503. The number of aliphatic hydroxyl groups is 1. The SMILES string of the molecule is CC(O)c1cc(O)c2ccccc2c1O. The largest absolute Gasteiger partial charge is 0.507 e. The van der Waals surface area contributed by atoms with E-state index in [1.54, 1.807) is 31.2 Å². The second kappa shape index (κ2) is 3.44. The van der Waals surface area contributed by atoms with E-state index < -0.39 is 6.10 Å². The molecule has 1 unspecified atom stereocenters. The lowest BCUT2D eigenvalue weighted by atomic mass is 10.0. The van der Waals surface area contributed by atoms with E-state index in [1.165, 1.54) is 6.07 Å². The predicted octanol–water partition coefficient (Wildman–Crippen LogP) is 2.30. The molecule has 3 nitrogen and oxygen atoms in total. The summed E-state index contributed by atoms with van der Waals surface area (Å²) in [5.74, 6) is 0.0951. The Morgan fingerprint density at radius 3 is 2.27 bits per heavy atom. The standard InChI is InChI=1S/C12H12O3/c1-7(13)10-6-11(14)8-4-2-3-5-9(8)12(10)15/h2-7,13-15H,1H3. The minimum atomic E-state index is -0.805. The Hall–Kier alpha value is -1.74. The number of fused-ring (bicyclic) bond motifs is 1. The van der Waals surface area contributed by atoms with E-state index in [0.717, 1.165) is 0 Å². The highest BCUT2D eigenvalue weighted by Crippen LogP contribution is 2.37. The molecule has 3 heteroatoms. The third-order valence-corrected chi connectivity index (χ3v) is 2.47. The second-order valence-corrected chi connectivity index (χ2v) is 3.56. The van der Waals surface area contributed by atoms with Gasteiger partial charge in [-0.3, -0.25) is 0 Å². The number of aliphatic hydroxyl groups excluding tert-OH is 1. The third-order valence-electron chi connectivity index (χ3n) is 2.47. The van der Waals surface area contributed by atoms with Crippen LogP contribution in [0.15, 0.2) is 30.3 Å². The Morgan fingerprint density at radius 1 is 1.07 bits per heavy atom. The molecule has 3 N–H and O–H groups in total. The molecular formula is C12H12O3. The Labute approximate surface area is 87.2 Å². The van der Waals surface area contributed by atoms with Crippen molar-refractivity contribution in [2.24, 2.45) is 0 Å². The average Bonchev–Trinajstić information content (AvgIpc) is 2.23. The monoisotopic (exact) mass is 204 g/mol. The summed E-state index contributed by atoms with van der Waals surface area (Å²) in [6.45, 7) is 1.54. The molecule has 0 saturated heterocycles. The number of rotatable bonds is 1. The van der Waals surface area contributed by atoms with Gasteiger partial charge in [0, 0.05) is 16.3 Å². The third kappa shape index (κ3) is 1.51. The topological polar surface area (TPSA) is 60.7 Å². The lowest BCUT2D eigenvalue weighted by Crippen LogP contribution is -1.92. The summed E-state index contributed by atoms with van der Waals surface area (Å²) < 4.78 is 0. The van der Waals surface area contributed by atoms with Crippen LogP contribution in [0.4, 0.5) is 0 Å². The van der Waals surface area contributed by atoms with E-state index in [0.29, 0.717) is 16.3 Å². The van der Waals surface area contributed by atoms with Gasteiger partial charge in [-0.05, 0) is 13.0 Å². The number of phenols is 2. The van der Waals surface area contributed by atoms with Gasteiger partial charge in [0.05, 0.1) is 6.10 Å². The molecule has 78 valence electrons. The van der Waals surface area contributed by atoms with Crippen LogP contribution >= 0.6 is 0 Å². The normalized spacial score (nSPS) is 12.9. The van der Waals surface area contributed by atoms with E-state index in [-0.39, 0.29) is 11.5 Å². The highest BCUT2D eigenvalue weighted by atomic mass is 16.3. The minimum Gasteiger partial charge on any atom is -0.507 e. The zero-order valence-corrected chi connectivity index (χ0v) is 8.31. The molecule has 0 aliphatic heterocycles. The van der Waals surface area contributed by atoms with Gasteiger partial charge in [-0.25, -0.2) is 0 Å². The van der Waals surface area contributed by atoms with E-state index in [9.17, 15) is 15.3 Å². The molecule has 2 aromatic rings. The molecule has 0 aliphatic rings. The lowest BCUT2D eigenvalue weighted by molar-refractivity contribution is 0.195. The molecule has 0 heterocycles. The van der Waals surface area contributed by atoms with Crippen LogP contribution < -0.4 is 0 Å². The fourth-order valence-corrected chi connectivity index (χ4v) is 1.68. The van der Waals surface area contributed by atoms with Crippen molar-refractivity contribution in [2.75, 3.05) is 0 Å². The minimum absolute atomic E-state index is 0.0263. The van der Waals surface area contributed by atoms with Crippen LogP contribution in [0.3, 0.4) is 0 Å². The van der Waals surface area contributed by atoms with Crippen molar-refractivity contribution >= 4 is 10.8 Å². The molecule has 0 amide bonds. The number of hydrogen-bond acceptors (Lipinski definition) is 3. The summed E-state index contributed by atoms with van der Waals surface area (Å²) >= 11 is 0. The predicted molar refractivity (Wildman–Crippen MR) is 57.9 cm³/mol. The Balaban J connectivity index is 2.84. The van der Waals surface area contributed by atoms with Crippen LogP contribution in [0.2, 0.25) is 0 Å². The van der Waals surface area contributed by atoms with E-state index in [4.69, 9.17) is 0 Å². The molecule has 2 rings (SSSR count). The summed E-state index contributed by atoms with van der Waals surface area (Å²) in [5.41, 5.74) is 0.339. The quantitative estimate of drug-likeness (QED) is 0.624. The summed E-state index contributed by atoms with van der Waals surface area (Å²) in [6, 6.07) is 8.37. The molecule has 0 bridgehead atoms. The fourth-order valence-electron chi connectivity index (χ4n) is 1.68. The molecule has 0 fully saturated rings. The van der Waals surface area contributed by atoms with Gasteiger partial charge in [0.2, 0.25) is 0 Å².